The van der Waals surface area contributed by atoms with Crippen molar-refractivity contribution >= 4 is 13.7 Å². The van der Waals surface area contributed by atoms with Crippen LogP contribution in [-0.2, 0) is 18.4 Å². The molecule has 0 fully saturated rings. The maximum Gasteiger partial charge on any atom is 0.268 e. The summed E-state index contributed by atoms with van der Waals surface area (Å²) in [7, 11) is 1.28. The van der Waals surface area contributed by atoms with E-state index in [1.54, 1.807) is 6.08 Å². The minimum absolute atomic E-state index is 0.00264. The monoisotopic (exact) mass is 969 g/mol. The fourth-order valence-corrected chi connectivity index (χ4v) is 9.82. The zero-order chi connectivity index (χ0) is 49.2. The quantitative estimate of drug-likeness (QED) is 0.0272. The Bertz CT molecular complexity index is 1100. The lowest BCUT2D eigenvalue weighted by molar-refractivity contribution is -0.870. The van der Waals surface area contributed by atoms with Gasteiger partial charge in [0, 0.05) is 6.42 Å². The topological polar surface area (TPSA) is 108 Å². The van der Waals surface area contributed by atoms with E-state index in [1.165, 1.54) is 244 Å². The maximum atomic E-state index is 12.9. The molecule has 8 nitrogen and oxygen atoms in total. The van der Waals surface area contributed by atoms with Crippen LogP contribution in [0.15, 0.2) is 12.2 Å². The van der Waals surface area contributed by atoms with E-state index < -0.39 is 20.0 Å². The zero-order valence-corrected chi connectivity index (χ0v) is 46.5. The zero-order valence-electron chi connectivity index (χ0n) is 45.6. The van der Waals surface area contributed by atoms with Crippen LogP contribution in [0.1, 0.15) is 303 Å². The van der Waals surface area contributed by atoms with Crippen LogP contribution in [0.3, 0.4) is 0 Å². The van der Waals surface area contributed by atoms with Crippen molar-refractivity contribution in [2.45, 2.75) is 315 Å². The molecule has 3 atom stereocenters. The average Bonchev–Trinajstić information content (AvgIpc) is 3.29. The Balaban J connectivity index is 4.10. The summed E-state index contributed by atoms with van der Waals surface area (Å²) in [4.78, 5) is 25.5. The van der Waals surface area contributed by atoms with Gasteiger partial charge in [0.25, 0.3) is 7.82 Å². The van der Waals surface area contributed by atoms with Crippen molar-refractivity contribution in [2.24, 2.45) is 0 Å². The highest BCUT2D eigenvalue weighted by Crippen LogP contribution is 2.38. The molecule has 0 saturated carbocycles. The Morgan fingerprint density at radius 3 is 1.12 bits per heavy atom. The third-order valence-corrected chi connectivity index (χ3v) is 14.7. The lowest BCUT2D eigenvalue weighted by atomic mass is 10.0. The fourth-order valence-electron chi connectivity index (χ4n) is 9.10. The second kappa shape index (κ2) is 50.2. The number of quaternary nitrogens is 1. The maximum absolute atomic E-state index is 12.9. The van der Waals surface area contributed by atoms with Gasteiger partial charge in [-0.2, -0.15) is 0 Å². The van der Waals surface area contributed by atoms with Gasteiger partial charge < -0.3 is 28.8 Å². The Kier molecular flexibility index (Phi) is 49.6. The second-order valence-corrected chi connectivity index (χ2v) is 23.1. The number of nitrogens with zero attached hydrogens (tertiary/aromatic N) is 1. The molecule has 0 aromatic carbocycles. The van der Waals surface area contributed by atoms with Gasteiger partial charge in [-0.3, -0.25) is 9.36 Å². The lowest BCUT2D eigenvalue weighted by Crippen LogP contribution is -2.45. The summed E-state index contributed by atoms with van der Waals surface area (Å²) in [6, 6.07) is -0.882. The van der Waals surface area contributed by atoms with Crippen LogP contribution < -0.4 is 10.2 Å². The number of rotatable bonds is 55. The van der Waals surface area contributed by atoms with Crippen molar-refractivity contribution in [2.75, 3.05) is 40.9 Å². The van der Waals surface area contributed by atoms with Crippen molar-refractivity contribution in [3.63, 3.8) is 0 Å². The number of carbonyl (C=O) groups is 1. The molecule has 0 aromatic rings. The Morgan fingerprint density at radius 1 is 0.507 bits per heavy atom. The van der Waals surface area contributed by atoms with Crippen molar-refractivity contribution in [3.05, 3.63) is 12.2 Å². The van der Waals surface area contributed by atoms with Crippen molar-refractivity contribution in [3.8, 4) is 0 Å². The van der Waals surface area contributed by atoms with Gasteiger partial charge >= 0.3 is 0 Å². The summed E-state index contributed by atoms with van der Waals surface area (Å²) in [5.74, 6) is -0.191. The first kappa shape index (κ1) is 66.2. The molecule has 9 heteroatoms. The number of likely N-dealkylation sites (N-methyl/N-ethyl adjacent to an activating group) is 1. The molecule has 0 aliphatic heterocycles. The molecule has 67 heavy (non-hydrogen) atoms. The highest BCUT2D eigenvalue weighted by Gasteiger charge is 2.23. The number of allylic oxidation sites excluding steroid dienone is 1. The van der Waals surface area contributed by atoms with Gasteiger partial charge in [0.1, 0.15) is 13.2 Å². The summed E-state index contributed by atoms with van der Waals surface area (Å²) in [6.07, 6.45) is 61.5. The van der Waals surface area contributed by atoms with Crippen LogP contribution in [0.5, 0.6) is 0 Å². The predicted molar refractivity (Wildman–Crippen MR) is 289 cm³/mol. The summed E-state index contributed by atoms with van der Waals surface area (Å²) in [5, 5.41) is 13.9. The van der Waals surface area contributed by atoms with E-state index in [4.69, 9.17) is 9.05 Å². The number of carbonyl (C=O) groups excluding carboxylic acids is 1. The average molecular weight is 970 g/mol. The van der Waals surface area contributed by atoms with Gasteiger partial charge in [0.2, 0.25) is 5.91 Å². The third kappa shape index (κ3) is 52.9. The first-order valence-corrected chi connectivity index (χ1v) is 31.0. The van der Waals surface area contributed by atoms with E-state index in [9.17, 15) is 19.4 Å². The summed E-state index contributed by atoms with van der Waals surface area (Å²) >= 11 is 0. The number of phosphoric ester groups is 1. The largest absolute Gasteiger partial charge is 0.756 e. The molecule has 0 aliphatic rings. The second-order valence-electron chi connectivity index (χ2n) is 21.7. The highest BCUT2D eigenvalue weighted by atomic mass is 31.2. The molecule has 0 saturated heterocycles. The minimum Gasteiger partial charge on any atom is -0.756 e. The van der Waals surface area contributed by atoms with Gasteiger partial charge in [-0.15, -0.1) is 0 Å². The fraction of sp³-hybridized carbons (Fsp3) is 0.948. The molecule has 0 bridgehead atoms. The number of hydrogen-bond donors (Lipinski definition) is 2. The van der Waals surface area contributed by atoms with Gasteiger partial charge in [0.05, 0.1) is 39.9 Å². The number of unbranched alkanes of at least 4 members (excludes halogenated alkanes) is 42. The number of hydrogen-bond acceptors (Lipinski definition) is 6. The molecule has 0 aromatic heterocycles. The van der Waals surface area contributed by atoms with Crippen molar-refractivity contribution in [1.29, 1.82) is 0 Å². The number of nitrogens with one attached hydrogen (secondary N) is 1. The summed E-state index contributed by atoms with van der Waals surface area (Å²) in [5.41, 5.74) is 0. The molecule has 400 valence electrons. The Labute approximate surface area is 418 Å². The standard InChI is InChI=1S/C58H117N2O6P/c1-6-8-10-12-14-16-18-20-22-24-25-26-27-28-29-30-31-32-33-34-35-36-37-39-41-43-45-47-49-51-57(61)56(55-66-67(63,64)65-54-53-60(3,4)5)59-58(62)52-50-48-46-44-42-40-38-23-21-19-17-15-13-11-9-7-2/h49,51,56-57,61H,6-48,50,52-55H2,1-5H3,(H-,59,62,63,64)/b51-49+. The molecule has 0 spiro atoms. The SMILES string of the molecule is CCCCCCCCCCCCCCCCCCCCCCCCCCCCC/C=C/C(O)C(COP(=O)([O-])OCC[N+](C)(C)C)NC(=O)CCCCCCCCCCCCCCCCCC. The first-order valence-electron chi connectivity index (χ1n) is 29.6. The van der Waals surface area contributed by atoms with Crippen LogP contribution in [0.4, 0.5) is 0 Å². The van der Waals surface area contributed by atoms with Crippen LogP contribution in [0.25, 0.3) is 0 Å². The van der Waals surface area contributed by atoms with E-state index in [0.717, 1.165) is 38.5 Å². The predicted octanol–water partition coefficient (Wildman–Crippen LogP) is 17.2. The van der Waals surface area contributed by atoms with E-state index in [2.05, 4.69) is 19.2 Å². The molecular weight excluding hydrogens is 852 g/mol. The lowest BCUT2D eigenvalue weighted by Gasteiger charge is -2.29. The normalized spacial score (nSPS) is 14.0. The molecular formula is C58H117N2O6P. The van der Waals surface area contributed by atoms with Gasteiger partial charge in [-0.25, -0.2) is 0 Å². The van der Waals surface area contributed by atoms with E-state index >= 15 is 0 Å². The van der Waals surface area contributed by atoms with Crippen LogP contribution in [0, 0.1) is 0 Å². The highest BCUT2D eigenvalue weighted by molar-refractivity contribution is 7.45. The van der Waals surface area contributed by atoms with Gasteiger partial charge in [-0.1, -0.05) is 289 Å². The smallest absolute Gasteiger partial charge is 0.268 e. The van der Waals surface area contributed by atoms with Crippen LogP contribution in [-0.4, -0.2) is 68.5 Å². The number of phosphoric acid groups is 1. The Hall–Kier alpha value is -0.760. The van der Waals surface area contributed by atoms with E-state index in [0.29, 0.717) is 17.4 Å². The first-order chi connectivity index (χ1) is 32.5. The summed E-state index contributed by atoms with van der Waals surface area (Å²) in [6.45, 7) is 4.70. The van der Waals surface area contributed by atoms with E-state index in [-0.39, 0.29) is 19.1 Å². The number of aliphatic hydroxyl groups excluding tert-OH is 1. The Morgan fingerprint density at radius 2 is 0.806 bits per heavy atom. The number of aliphatic hydroxyl groups is 1. The molecule has 1 amide bonds. The minimum atomic E-state index is -4.59. The van der Waals surface area contributed by atoms with Gasteiger partial charge in [-0.05, 0) is 19.3 Å². The molecule has 0 aliphatic carbocycles. The van der Waals surface area contributed by atoms with E-state index in [1.807, 2.05) is 27.2 Å². The molecule has 0 radical (unpaired) electrons. The van der Waals surface area contributed by atoms with Gasteiger partial charge in [0.15, 0.2) is 0 Å². The summed E-state index contributed by atoms with van der Waals surface area (Å²) < 4.78 is 23.4. The van der Waals surface area contributed by atoms with Crippen LogP contribution >= 0.6 is 7.82 Å². The van der Waals surface area contributed by atoms with Crippen molar-refractivity contribution < 1.29 is 32.9 Å². The van der Waals surface area contributed by atoms with Crippen LogP contribution in [0.2, 0.25) is 0 Å². The number of amides is 1. The molecule has 0 heterocycles. The molecule has 2 N–H and O–H groups in total. The molecule has 0 rings (SSSR count). The molecule has 3 unspecified atom stereocenters. The van der Waals surface area contributed by atoms with Crippen molar-refractivity contribution in [1.82, 2.24) is 5.32 Å². The third-order valence-electron chi connectivity index (χ3n) is 13.7.